The van der Waals surface area contributed by atoms with Crippen LogP contribution in [0.25, 0.3) is 0 Å². The van der Waals surface area contributed by atoms with Crippen molar-refractivity contribution in [1.29, 1.82) is 0 Å². The van der Waals surface area contributed by atoms with Crippen molar-refractivity contribution in [3.8, 4) is 5.75 Å². The molecule has 1 aliphatic heterocycles. The summed E-state index contributed by atoms with van der Waals surface area (Å²) < 4.78 is 5.60. The van der Waals surface area contributed by atoms with Crippen molar-refractivity contribution in [2.24, 2.45) is 0 Å². The summed E-state index contributed by atoms with van der Waals surface area (Å²) in [5.41, 5.74) is 1.69. The Morgan fingerprint density at radius 3 is 2.91 bits per heavy atom. The van der Waals surface area contributed by atoms with Crippen molar-refractivity contribution in [2.45, 2.75) is 44.7 Å². The molecule has 0 radical (unpaired) electrons. The number of anilines is 1. The normalized spacial score (nSPS) is 18.1. The zero-order valence-electron chi connectivity index (χ0n) is 13.4. The number of hydrogen-bond acceptors (Lipinski definition) is 3. The molecular formula is C17H23N3O3. The van der Waals surface area contributed by atoms with Crippen LogP contribution in [0.2, 0.25) is 0 Å². The molecule has 3 amide bonds. The van der Waals surface area contributed by atoms with Gasteiger partial charge < -0.3 is 20.3 Å². The topological polar surface area (TPSA) is 70.7 Å². The monoisotopic (exact) mass is 317 g/mol. The summed E-state index contributed by atoms with van der Waals surface area (Å²) >= 11 is 0. The van der Waals surface area contributed by atoms with Gasteiger partial charge in [-0.15, -0.1) is 0 Å². The number of nitrogens with one attached hydrogen (secondary N) is 2. The van der Waals surface area contributed by atoms with E-state index in [1.807, 2.05) is 18.2 Å². The first kappa shape index (κ1) is 15.6. The Kier molecular flexibility index (Phi) is 4.69. The number of carbonyl (C=O) groups is 2. The van der Waals surface area contributed by atoms with Gasteiger partial charge in [-0.3, -0.25) is 4.79 Å². The standard InChI is InChI=1S/C17H23N3O3/c1-20-14-10-12(6-7-15(14)23-9-8-16(20)21)11-18-17(22)19-13-4-2-3-5-13/h6-7,10,13H,2-5,8-9,11H2,1H3,(H2,18,19,22). The van der Waals surface area contributed by atoms with Crippen LogP contribution >= 0.6 is 0 Å². The van der Waals surface area contributed by atoms with Gasteiger partial charge in [-0.2, -0.15) is 0 Å². The molecule has 0 atom stereocenters. The van der Waals surface area contributed by atoms with Crippen LogP contribution in [0.1, 0.15) is 37.7 Å². The van der Waals surface area contributed by atoms with Crippen molar-refractivity contribution in [3.63, 3.8) is 0 Å². The number of rotatable bonds is 3. The Balaban J connectivity index is 1.61. The second kappa shape index (κ2) is 6.89. The highest BCUT2D eigenvalue weighted by molar-refractivity contribution is 5.95. The number of nitrogens with zero attached hydrogens (tertiary/aromatic N) is 1. The van der Waals surface area contributed by atoms with Crippen LogP contribution in [-0.4, -0.2) is 31.6 Å². The zero-order chi connectivity index (χ0) is 16.2. The van der Waals surface area contributed by atoms with Crippen LogP contribution in [0.4, 0.5) is 10.5 Å². The van der Waals surface area contributed by atoms with E-state index in [0.717, 1.165) is 24.1 Å². The summed E-state index contributed by atoms with van der Waals surface area (Å²) in [6.45, 7) is 0.825. The molecule has 1 aliphatic carbocycles. The maximum Gasteiger partial charge on any atom is 0.315 e. The Bertz CT molecular complexity index is 597. The van der Waals surface area contributed by atoms with Crippen LogP contribution in [-0.2, 0) is 11.3 Å². The predicted octanol–water partition coefficient (Wildman–Crippen LogP) is 2.17. The molecule has 0 saturated heterocycles. The molecule has 2 N–H and O–H groups in total. The Hall–Kier alpha value is -2.24. The molecule has 0 bridgehead atoms. The molecule has 1 fully saturated rings. The molecular weight excluding hydrogens is 294 g/mol. The van der Waals surface area contributed by atoms with Gasteiger partial charge in [-0.05, 0) is 30.5 Å². The SMILES string of the molecule is CN1C(=O)CCOc2ccc(CNC(=O)NC3CCCC3)cc21. The molecule has 6 heteroatoms. The first-order valence-electron chi connectivity index (χ1n) is 8.20. The number of hydrogen-bond donors (Lipinski definition) is 2. The fourth-order valence-corrected chi connectivity index (χ4v) is 3.10. The highest BCUT2D eigenvalue weighted by Crippen LogP contribution is 2.31. The minimum atomic E-state index is -0.132. The van der Waals surface area contributed by atoms with Gasteiger partial charge in [0.05, 0.1) is 18.7 Å². The number of carbonyl (C=O) groups excluding carboxylic acids is 2. The van der Waals surface area contributed by atoms with E-state index in [2.05, 4.69) is 10.6 Å². The van der Waals surface area contributed by atoms with Crippen LogP contribution < -0.4 is 20.3 Å². The van der Waals surface area contributed by atoms with E-state index in [0.29, 0.717) is 31.4 Å². The molecule has 3 rings (SSSR count). The molecule has 1 aromatic rings. The molecule has 23 heavy (non-hydrogen) atoms. The third-order valence-corrected chi connectivity index (χ3v) is 4.48. The molecule has 1 aromatic carbocycles. The van der Waals surface area contributed by atoms with E-state index in [1.165, 1.54) is 12.8 Å². The summed E-state index contributed by atoms with van der Waals surface area (Å²) in [5, 5.41) is 5.88. The Morgan fingerprint density at radius 2 is 2.13 bits per heavy atom. The fourth-order valence-electron chi connectivity index (χ4n) is 3.10. The summed E-state index contributed by atoms with van der Waals surface area (Å²) in [7, 11) is 1.75. The van der Waals surface area contributed by atoms with Gasteiger partial charge in [0.1, 0.15) is 5.75 Å². The smallest absolute Gasteiger partial charge is 0.315 e. The highest BCUT2D eigenvalue weighted by atomic mass is 16.5. The fraction of sp³-hybridized carbons (Fsp3) is 0.529. The quantitative estimate of drug-likeness (QED) is 0.897. The van der Waals surface area contributed by atoms with Crippen LogP contribution in [0.3, 0.4) is 0 Å². The van der Waals surface area contributed by atoms with Crippen molar-refractivity contribution in [1.82, 2.24) is 10.6 Å². The van der Waals surface area contributed by atoms with E-state index in [9.17, 15) is 9.59 Å². The number of urea groups is 1. The second-order valence-electron chi connectivity index (χ2n) is 6.16. The van der Waals surface area contributed by atoms with E-state index < -0.39 is 0 Å². The lowest BCUT2D eigenvalue weighted by molar-refractivity contribution is -0.118. The molecule has 0 unspecified atom stereocenters. The van der Waals surface area contributed by atoms with Gasteiger partial charge in [-0.1, -0.05) is 18.9 Å². The largest absolute Gasteiger partial charge is 0.491 e. The minimum absolute atomic E-state index is 0.0350. The number of fused-ring (bicyclic) bond motifs is 1. The number of ether oxygens (including phenoxy) is 1. The molecule has 0 spiro atoms. The first-order valence-corrected chi connectivity index (χ1v) is 8.20. The Labute approximate surface area is 136 Å². The van der Waals surface area contributed by atoms with E-state index in [-0.39, 0.29) is 11.9 Å². The van der Waals surface area contributed by atoms with Crippen LogP contribution in [0.15, 0.2) is 18.2 Å². The predicted molar refractivity (Wildman–Crippen MR) is 87.6 cm³/mol. The second-order valence-corrected chi connectivity index (χ2v) is 6.16. The van der Waals surface area contributed by atoms with Crippen LogP contribution in [0, 0.1) is 0 Å². The van der Waals surface area contributed by atoms with E-state index in [1.54, 1.807) is 11.9 Å². The lowest BCUT2D eigenvalue weighted by atomic mass is 10.1. The first-order chi connectivity index (χ1) is 11.1. The van der Waals surface area contributed by atoms with Gasteiger partial charge in [0.2, 0.25) is 5.91 Å². The number of benzene rings is 1. The summed E-state index contributed by atoms with van der Waals surface area (Å²) in [4.78, 5) is 25.5. The van der Waals surface area contributed by atoms with Crippen LogP contribution in [0.5, 0.6) is 5.75 Å². The Morgan fingerprint density at radius 1 is 1.35 bits per heavy atom. The average molecular weight is 317 g/mol. The lowest BCUT2D eigenvalue weighted by Gasteiger charge is -2.18. The summed E-state index contributed by atoms with van der Waals surface area (Å²) in [5.74, 6) is 0.741. The highest BCUT2D eigenvalue weighted by Gasteiger charge is 2.20. The van der Waals surface area contributed by atoms with Crippen molar-refractivity contribution < 1.29 is 14.3 Å². The summed E-state index contributed by atoms with van der Waals surface area (Å²) in [6, 6.07) is 5.84. The van der Waals surface area contributed by atoms with E-state index >= 15 is 0 Å². The molecule has 2 aliphatic rings. The maximum absolute atomic E-state index is 11.9. The molecule has 6 nitrogen and oxygen atoms in total. The van der Waals surface area contributed by atoms with Crippen molar-refractivity contribution in [2.75, 3.05) is 18.6 Å². The minimum Gasteiger partial charge on any atom is -0.491 e. The van der Waals surface area contributed by atoms with E-state index in [4.69, 9.17) is 4.74 Å². The third-order valence-electron chi connectivity index (χ3n) is 4.48. The maximum atomic E-state index is 11.9. The van der Waals surface area contributed by atoms with Crippen molar-refractivity contribution >= 4 is 17.6 Å². The zero-order valence-corrected chi connectivity index (χ0v) is 13.4. The van der Waals surface area contributed by atoms with Gasteiger partial charge in [-0.25, -0.2) is 4.79 Å². The molecule has 124 valence electrons. The van der Waals surface area contributed by atoms with Gasteiger partial charge in [0.25, 0.3) is 0 Å². The van der Waals surface area contributed by atoms with Crippen molar-refractivity contribution in [3.05, 3.63) is 23.8 Å². The molecule has 1 saturated carbocycles. The van der Waals surface area contributed by atoms with Gasteiger partial charge >= 0.3 is 6.03 Å². The third kappa shape index (κ3) is 3.75. The van der Waals surface area contributed by atoms with Gasteiger partial charge in [0.15, 0.2) is 0 Å². The molecule has 0 aromatic heterocycles. The molecule has 1 heterocycles. The average Bonchev–Trinajstić information content (AvgIpc) is 3.01. The summed E-state index contributed by atoms with van der Waals surface area (Å²) in [6.07, 6.45) is 4.89. The number of amides is 3. The van der Waals surface area contributed by atoms with Gasteiger partial charge in [0, 0.05) is 19.6 Å². The lowest BCUT2D eigenvalue weighted by Crippen LogP contribution is -2.40.